The summed E-state index contributed by atoms with van der Waals surface area (Å²) in [6.45, 7) is 0.517. The van der Waals surface area contributed by atoms with Crippen molar-refractivity contribution in [2.24, 2.45) is 0 Å². The molecule has 1 aliphatic carbocycles. The molecule has 0 amide bonds. The van der Waals surface area contributed by atoms with Gasteiger partial charge in [0.2, 0.25) is 0 Å². The lowest BCUT2D eigenvalue weighted by Crippen LogP contribution is -2.43. The van der Waals surface area contributed by atoms with Gasteiger partial charge in [-0.1, -0.05) is 0 Å². The van der Waals surface area contributed by atoms with Gasteiger partial charge in [0.05, 0.1) is 28.6 Å². The van der Waals surface area contributed by atoms with E-state index in [2.05, 4.69) is 5.32 Å². The summed E-state index contributed by atoms with van der Waals surface area (Å²) in [5, 5.41) is 21.7. The van der Waals surface area contributed by atoms with Crippen LogP contribution in [0, 0.1) is 11.3 Å². The molecule has 4 heteroatoms. The molecule has 0 aromatic heterocycles. The number of aliphatic hydroxyl groups is 1. The maximum Gasteiger partial charge on any atom is 0.0992 e. The molecule has 1 fully saturated rings. The number of nitrogens with zero attached hydrogens (tertiary/aromatic N) is 1. The molecule has 4 N–H and O–H groups in total. The Balaban J connectivity index is 2.02. The van der Waals surface area contributed by atoms with E-state index in [0.29, 0.717) is 17.8 Å². The van der Waals surface area contributed by atoms with Gasteiger partial charge in [-0.05, 0) is 37.5 Å². The fourth-order valence-electron chi connectivity index (χ4n) is 1.81. The third-order valence-corrected chi connectivity index (χ3v) is 3.07. The number of nitrogen functional groups attached to an aromatic ring is 1. The molecule has 84 valence electrons. The van der Waals surface area contributed by atoms with E-state index in [1.54, 1.807) is 18.2 Å². The Labute approximate surface area is 94.7 Å². The van der Waals surface area contributed by atoms with Crippen molar-refractivity contribution in [1.29, 1.82) is 5.26 Å². The second-order valence-electron chi connectivity index (χ2n) is 4.35. The normalized spacial score (nSPS) is 17.2. The lowest BCUT2D eigenvalue weighted by molar-refractivity contribution is -0.0201. The molecule has 0 radical (unpaired) electrons. The molecule has 1 aromatic rings. The van der Waals surface area contributed by atoms with Gasteiger partial charge in [-0.25, -0.2) is 0 Å². The molecule has 0 spiro atoms. The molecule has 0 aliphatic heterocycles. The number of rotatable bonds is 3. The van der Waals surface area contributed by atoms with Crippen LogP contribution in [0.3, 0.4) is 0 Å². The maximum absolute atomic E-state index is 9.91. The molecular formula is C12H15N3O. The number of anilines is 2. The third kappa shape index (κ3) is 2.10. The van der Waals surface area contributed by atoms with Crippen LogP contribution < -0.4 is 11.1 Å². The summed E-state index contributed by atoms with van der Waals surface area (Å²) in [7, 11) is 0. The number of hydrogen-bond donors (Lipinski definition) is 3. The first-order valence-corrected chi connectivity index (χ1v) is 5.39. The summed E-state index contributed by atoms with van der Waals surface area (Å²) in [6.07, 6.45) is 2.77. The quantitative estimate of drug-likeness (QED) is 0.669. The van der Waals surface area contributed by atoms with Crippen molar-refractivity contribution >= 4 is 11.4 Å². The highest BCUT2D eigenvalue weighted by Gasteiger charge is 2.33. The summed E-state index contributed by atoms with van der Waals surface area (Å²) < 4.78 is 0. The Morgan fingerprint density at radius 3 is 2.75 bits per heavy atom. The van der Waals surface area contributed by atoms with E-state index in [0.717, 1.165) is 24.9 Å². The van der Waals surface area contributed by atoms with Crippen LogP contribution in [0.15, 0.2) is 18.2 Å². The maximum atomic E-state index is 9.91. The van der Waals surface area contributed by atoms with Crippen molar-refractivity contribution in [3.05, 3.63) is 23.8 Å². The first-order chi connectivity index (χ1) is 7.63. The summed E-state index contributed by atoms with van der Waals surface area (Å²) in [5.41, 5.74) is 7.09. The van der Waals surface area contributed by atoms with E-state index in [1.807, 2.05) is 6.07 Å². The Morgan fingerprint density at radius 2 is 2.25 bits per heavy atom. The van der Waals surface area contributed by atoms with Crippen molar-refractivity contribution in [2.75, 3.05) is 17.6 Å². The topological polar surface area (TPSA) is 82.1 Å². The van der Waals surface area contributed by atoms with E-state index >= 15 is 0 Å². The molecule has 0 bridgehead atoms. The average molecular weight is 217 g/mol. The van der Waals surface area contributed by atoms with Crippen LogP contribution in [0.5, 0.6) is 0 Å². The van der Waals surface area contributed by atoms with Gasteiger partial charge in [-0.15, -0.1) is 0 Å². The highest BCUT2D eigenvalue weighted by atomic mass is 16.3. The van der Waals surface area contributed by atoms with Crippen LogP contribution in [-0.2, 0) is 0 Å². The van der Waals surface area contributed by atoms with E-state index < -0.39 is 5.60 Å². The van der Waals surface area contributed by atoms with Crippen LogP contribution >= 0.6 is 0 Å². The van der Waals surface area contributed by atoms with Crippen LogP contribution in [0.4, 0.5) is 11.4 Å². The molecule has 1 saturated carbocycles. The molecule has 0 unspecified atom stereocenters. The van der Waals surface area contributed by atoms with Gasteiger partial charge in [-0.3, -0.25) is 0 Å². The molecular weight excluding hydrogens is 202 g/mol. The standard InChI is InChI=1S/C12H15N3O/c13-7-9-2-3-11(10(14)6-9)15-8-12(16)4-1-5-12/h2-3,6,15-16H,1,4-5,8,14H2. The highest BCUT2D eigenvalue weighted by molar-refractivity contribution is 5.68. The van der Waals surface area contributed by atoms with Crippen molar-refractivity contribution in [1.82, 2.24) is 0 Å². The first kappa shape index (κ1) is 10.8. The minimum Gasteiger partial charge on any atom is -0.397 e. The zero-order valence-corrected chi connectivity index (χ0v) is 9.03. The van der Waals surface area contributed by atoms with E-state index in [1.165, 1.54) is 0 Å². The van der Waals surface area contributed by atoms with E-state index in [9.17, 15) is 5.11 Å². The van der Waals surface area contributed by atoms with Gasteiger partial charge < -0.3 is 16.2 Å². The summed E-state index contributed by atoms with van der Waals surface area (Å²) >= 11 is 0. The van der Waals surface area contributed by atoms with Gasteiger partial charge in [0.15, 0.2) is 0 Å². The molecule has 1 aromatic carbocycles. The first-order valence-electron chi connectivity index (χ1n) is 5.39. The fourth-order valence-corrected chi connectivity index (χ4v) is 1.81. The Bertz CT molecular complexity index is 432. The minimum atomic E-state index is -0.569. The van der Waals surface area contributed by atoms with Crippen molar-refractivity contribution in [3.63, 3.8) is 0 Å². The van der Waals surface area contributed by atoms with Gasteiger partial charge in [0, 0.05) is 6.54 Å². The van der Waals surface area contributed by atoms with Crippen LogP contribution in [-0.4, -0.2) is 17.3 Å². The van der Waals surface area contributed by atoms with Crippen LogP contribution in [0.25, 0.3) is 0 Å². The van der Waals surface area contributed by atoms with Crippen molar-refractivity contribution < 1.29 is 5.11 Å². The van der Waals surface area contributed by atoms with Gasteiger partial charge in [0.1, 0.15) is 0 Å². The van der Waals surface area contributed by atoms with Gasteiger partial charge in [0.25, 0.3) is 0 Å². The number of hydrogen-bond acceptors (Lipinski definition) is 4. The summed E-state index contributed by atoms with van der Waals surface area (Å²) in [5.74, 6) is 0. The number of benzene rings is 1. The Kier molecular flexibility index (Phi) is 2.71. The lowest BCUT2D eigenvalue weighted by Gasteiger charge is -2.37. The molecule has 1 aliphatic rings. The SMILES string of the molecule is N#Cc1ccc(NCC2(O)CCC2)c(N)c1. The monoisotopic (exact) mass is 217 g/mol. The van der Waals surface area contributed by atoms with E-state index in [4.69, 9.17) is 11.0 Å². The van der Waals surface area contributed by atoms with Gasteiger partial charge >= 0.3 is 0 Å². The van der Waals surface area contributed by atoms with E-state index in [-0.39, 0.29) is 0 Å². The molecule has 4 nitrogen and oxygen atoms in total. The van der Waals surface area contributed by atoms with Crippen molar-refractivity contribution in [3.8, 4) is 6.07 Å². The number of nitriles is 1. The summed E-state index contributed by atoms with van der Waals surface area (Å²) in [6, 6.07) is 7.15. The lowest BCUT2D eigenvalue weighted by atomic mass is 9.80. The molecule has 0 atom stereocenters. The molecule has 2 rings (SSSR count). The van der Waals surface area contributed by atoms with Crippen LogP contribution in [0.2, 0.25) is 0 Å². The minimum absolute atomic E-state index is 0.517. The van der Waals surface area contributed by atoms with Gasteiger partial charge in [-0.2, -0.15) is 5.26 Å². The molecule has 16 heavy (non-hydrogen) atoms. The Hall–Kier alpha value is -1.73. The number of nitrogens with two attached hydrogens (primary N) is 1. The predicted molar refractivity (Wildman–Crippen MR) is 62.9 cm³/mol. The molecule has 0 saturated heterocycles. The fraction of sp³-hybridized carbons (Fsp3) is 0.417. The Morgan fingerprint density at radius 1 is 1.50 bits per heavy atom. The average Bonchev–Trinajstić information content (AvgIpc) is 2.25. The highest BCUT2D eigenvalue weighted by Crippen LogP contribution is 2.32. The zero-order valence-electron chi connectivity index (χ0n) is 9.03. The second-order valence-corrected chi connectivity index (χ2v) is 4.35. The smallest absolute Gasteiger partial charge is 0.0992 e. The van der Waals surface area contributed by atoms with Crippen LogP contribution in [0.1, 0.15) is 24.8 Å². The molecule has 0 heterocycles. The largest absolute Gasteiger partial charge is 0.397 e. The third-order valence-electron chi connectivity index (χ3n) is 3.07. The summed E-state index contributed by atoms with van der Waals surface area (Å²) in [4.78, 5) is 0. The second kappa shape index (κ2) is 4.03. The predicted octanol–water partition coefficient (Wildman–Crippen LogP) is 1.47. The van der Waals surface area contributed by atoms with Crippen molar-refractivity contribution in [2.45, 2.75) is 24.9 Å². The number of nitrogens with one attached hydrogen (secondary N) is 1. The zero-order chi connectivity index (χ0) is 11.6.